The van der Waals surface area contributed by atoms with Gasteiger partial charge in [0.25, 0.3) is 15.9 Å². The van der Waals surface area contributed by atoms with Gasteiger partial charge in [-0.25, -0.2) is 12.8 Å². The lowest BCUT2D eigenvalue weighted by molar-refractivity contribution is -0.125. The molecule has 0 radical (unpaired) electrons. The fraction of sp³-hybridized carbons (Fsp3) is 0.136. The van der Waals surface area contributed by atoms with E-state index in [1.807, 2.05) is 0 Å². The van der Waals surface area contributed by atoms with Crippen LogP contribution in [-0.4, -0.2) is 34.1 Å². The molecule has 0 saturated carbocycles. The van der Waals surface area contributed by atoms with Gasteiger partial charge in [-0.05, 0) is 54.6 Å². The summed E-state index contributed by atoms with van der Waals surface area (Å²) >= 11 is 0. The van der Waals surface area contributed by atoms with Gasteiger partial charge in [-0.15, -0.1) is 0 Å². The van der Waals surface area contributed by atoms with Gasteiger partial charge in [0.1, 0.15) is 18.2 Å². The van der Waals surface area contributed by atoms with Crippen molar-refractivity contribution in [3.8, 4) is 17.2 Å². The first-order valence-electron chi connectivity index (χ1n) is 9.51. The van der Waals surface area contributed by atoms with Crippen LogP contribution < -0.4 is 24.2 Å². The molecule has 0 aromatic heterocycles. The summed E-state index contributed by atoms with van der Waals surface area (Å²) in [7, 11) is -2.63. The molecule has 0 saturated heterocycles. The Morgan fingerprint density at radius 1 is 1.06 bits per heavy atom. The molecule has 0 aliphatic carbocycles. The van der Waals surface area contributed by atoms with Crippen LogP contribution >= 0.6 is 0 Å². The van der Waals surface area contributed by atoms with E-state index >= 15 is 0 Å². The number of fused-ring (bicyclic) bond motifs is 1. The third-order valence-electron chi connectivity index (χ3n) is 4.64. The summed E-state index contributed by atoms with van der Waals surface area (Å²) in [5, 5.41) is 2.68. The average Bonchev–Trinajstić information content (AvgIpc) is 2.79. The van der Waals surface area contributed by atoms with Crippen molar-refractivity contribution < 1.29 is 31.8 Å². The van der Waals surface area contributed by atoms with Crippen LogP contribution in [0.2, 0.25) is 0 Å². The fourth-order valence-corrected chi connectivity index (χ4v) is 4.12. The predicted octanol–water partition coefficient (Wildman–Crippen LogP) is 3.41. The second-order valence-electron chi connectivity index (χ2n) is 6.83. The van der Waals surface area contributed by atoms with Crippen LogP contribution in [0.4, 0.5) is 15.8 Å². The number of benzene rings is 3. The number of amides is 1. The van der Waals surface area contributed by atoms with Crippen LogP contribution in [0, 0.1) is 5.82 Å². The number of halogens is 1. The average molecular weight is 458 g/mol. The summed E-state index contributed by atoms with van der Waals surface area (Å²) in [5.74, 6) is 0.236. The Balaban J connectivity index is 1.52. The van der Waals surface area contributed by atoms with Gasteiger partial charge in [-0.3, -0.25) is 9.52 Å². The van der Waals surface area contributed by atoms with Crippen molar-refractivity contribution in [2.45, 2.75) is 11.0 Å². The molecule has 32 heavy (non-hydrogen) atoms. The van der Waals surface area contributed by atoms with Crippen LogP contribution in [0.25, 0.3) is 0 Å². The molecule has 1 aliphatic heterocycles. The highest BCUT2D eigenvalue weighted by atomic mass is 32.2. The van der Waals surface area contributed by atoms with Gasteiger partial charge < -0.3 is 19.5 Å². The van der Waals surface area contributed by atoms with E-state index < -0.39 is 27.9 Å². The Bertz CT molecular complexity index is 1250. The lowest BCUT2D eigenvalue weighted by atomic mass is 10.2. The third-order valence-corrected chi connectivity index (χ3v) is 6.02. The lowest BCUT2D eigenvalue weighted by Gasteiger charge is -2.25. The molecule has 0 unspecified atom stereocenters. The van der Waals surface area contributed by atoms with Crippen LogP contribution in [-0.2, 0) is 14.8 Å². The molecule has 1 heterocycles. The molecular weight excluding hydrogens is 439 g/mol. The lowest BCUT2D eigenvalue weighted by Crippen LogP contribution is -2.40. The molecule has 3 aromatic carbocycles. The number of hydrogen-bond acceptors (Lipinski definition) is 6. The summed E-state index contributed by atoms with van der Waals surface area (Å²) in [5.41, 5.74) is 0.413. The number of ether oxygens (including phenoxy) is 3. The quantitative estimate of drug-likeness (QED) is 0.587. The first kappa shape index (κ1) is 21.4. The normalized spacial score (nSPS) is 15.0. The minimum Gasteiger partial charge on any atom is -0.495 e. The number of hydrogen-bond donors (Lipinski definition) is 2. The molecule has 2 N–H and O–H groups in total. The predicted molar refractivity (Wildman–Crippen MR) is 115 cm³/mol. The summed E-state index contributed by atoms with van der Waals surface area (Å²) in [6.07, 6.45) is -0.883. The number of sulfonamides is 1. The van der Waals surface area contributed by atoms with Gasteiger partial charge in [0.2, 0.25) is 6.10 Å². The van der Waals surface area contributed by atoms with Crippen molar-refractivity contribution in [1.82, 2.24) is 0 Å². The first-order valence-corrected chi connectivity index (χ1v) is 11.0. The third kappa shape index (κ3) is 4.59. The molecule has 1 atom stereocenters. The largest absolute Gasteiger partial charge is 0.495 e. The van der Waals surface area contributed by atoms with Gasteiger partial charge in [0.15, 0.2) is 11.5 Å². The van der Waals surface area contributed by atoms with Crippen LogP contribution in [0.5, 0.6) is 17.2 Å². The van der Waals surface area contributed by atoms with Gasteiger partial charge in [0.05, 0.1) is 17.7 Å². The number of anilines is 2. The summed E-state index contributed by atoms with van der Waals surface area (Å²) < 4.78 is 57.3. The number of carbonyl (C=O) groups excluding carboxylic acids is 1. The Kier molecular flexibility index (Phi) is 5.87. The fourth-order valence-electron chi connectivity index (χ4n) is 3.05. The zero-order chi connectivity index (χ0) is 22.7. The molecule has 0 spiro atoms. The molecule has 0 bridgehead atoms. The Hall–Kier alpha value is -3.79. The Morgan fingerprint density at radius 2 is 1.78 bits per heavy atom. The molecule has 1 aliphatic rings. The van der Waals surface area contributed by atoms with Crippen LogP contribution in [0.1, 0.15) is 0 Å². The molecule has 8 nitrogen and oxygen atoms in total. The van der Waals surface area contributed by atoms with Crippen molar-refractivity contribution in [3.63, 3.8) is 0 Å². The molecule has 10 heteroatoms. The molecule has 1 amide bonds. The molecular formula is C22H19FN2O6S. The van der Waals surface area contributed by atoms with Gasteiger partial charge in [0, 0.05) is 5.69 Å². The van der Waals surface area contributed by atoms with Gasteiger partial charge in [-0.1, -0.05) is 12.1 Å². The molecule has 166 valence electrons. The highest BCUT2D eigenvalue weighted by molar-refractivity contribution is 7.92. The highest BCUT2D eigenvalue weighted by Crippen LogP contribution is 2.32. The van der Waals surface area contributed by atoms with Crippen LogP contribution in [0.3, 0.4) is 0 Å². The van der Waals surface area contributed by atoms with E-state index in [0.29, 0.717) is 17.2 Å². The van der Waals surface area contributed by atoms with E-state index in [1.165, 1.54) is 19.2 Å². The van der Waals surface area contributed by atoms with Crippen molar-refractivity contribution in [1.29, 1.82) is 0 Å². The zero-order valence-electron chi connectivity index (χ0n) is 16.9. The monoisotopic (exact) mass is 458 g/mol. The van der Waals surface area contributed by atoms with E-state index in [2.05, 4.69) is 10.0 Å². The molecule has 0 fully saturated rings. The topological polar surface area (TPSA) is 103 Å². The maximum Gasteiger partial charge on any atom is 0.269 e. The van der Waals surface area contributed by atoms with E-state index in [9.17, 15) is 17.6 Å². The van der Waals surface area contributed by atoms with E-state index in [1.54, 1.807) is 30.3 Å². The number of para-hydroxylation sites is 2. The standard InChI is InChI=1S/C22H19FN2O6S/c1-29-18-11-8-15(12-17(18)25-32(27,28)16-9-6-14(23)7-10-16)24-22(26)21-13-30-19-4-2-3-5-20(19)31-21/h2-12,21,25H,13H2,1H3,(H,24,26)/t21-/m0/s1. The minimum absolute atomic E-state index is 0.0308. The van der Waals surface area contributed by atoms with E-state index in [-0.39, 0.29) is 22.9 Å². The smallest absolute Gasteiger partial charge is 0.269 e. The highest BCUT2D eigenvalue weighted by Gasteiger charge is 2.27. The van der Waals surface area contributed by atoms with E-state index in [0.717, 1.165) is 24.3 Å². The van der Waals surface area contributed by atoms with Crippen molar-refractivity contribution >= 4 is 27.3 Å². The van der Waals surface area contributed by atoms with Crippen molar-refractivity contribution in [2.24, 2.45) is 0 Å². The van der Waals surface area contributed by atoms with E-state index in [4.69, 9.17) is 14.2 Å². The first-order chi connectivity index (χ1) is 15.4. The zero-order valence-corrected chi connectivity index (χ0v) is 17.7. The SMILES string of the molecule is COc1ccc(NC(=O)[C@@H]2COc3ccccc3O2)cc1NS(=O)(=O)c1ccc(F)cc1. The number of methoxy groups -OCH3 is 1. The summed E-state index contributed by atoms with van der Waals surface area (Å²) in [4.78, 5) is 12.5. The minimum atomic E-state index is -4.02. The Labute approximate surface area is 184 Å². The number of rotatable bonds is 6. The van der Waals surface area contributed by atoms with Gasteiger partial charge in [-0.2, -0.15) is 0 Å². The van der Waals surface area contributed by atoms with Gasteiger partial charge >= 0.3 is 0 Å². The van der Waals surface area contributed by atoms with Crippen LogP contribution in [0.15, 0.2) is 71.6 Å². The maximum atomic E-state index is 13.1. The summed E-state index contributed by atoms with van der Waals surface area (Å²) in [6.45, 7) is 0.0308. The molecule has 4 rings (SSSR count). The Morgan fingerprint density at radius 3 is 2.50 bits per heavy atom. The molecule has 3 aromatic rings. The number of nitrogens with one attached hydrogen (secondary N) is 2. The van der Waals surface area contributed by atoms with Crippen molar-refractivity contribution in [2.75, 3.05) is 23.8 Å². The van der Waals surface area contributed by atoms with Crippen molar-refractivity contribution in [3.05, 3.63) is 72.5 Å². The second kappa shape index (κ2) is 8.75. The maximum absolute atomic E-state index is 13.1. The summed E-state index contributed by atoms with van der Waals surface area (Å²) in [6, 6.07) is 15.9. The number of carbonyl (C=O) groups is 1. The second-order valence-corrected chi connectivity index (χ2v) is 8.51.